The zero-order valence-corrected chi connectivity index (χ0v) is 9.68. The predicted octanol–water partition coefficient (Wildman–Crippen LogP) is 0.263. The van der Waals surface area contributed by atoms with Crippen LogP contribution in [0, 0.1) is 5.41 Å². The quantitative estimate of drug-likeness (QED) is 0.575. The van der Waals surface area contributed by atoms with E-state index in [1.807, 2.05) is 6.92 Å². The molecule has 0 bridgehead atoms. The third-order valence-corrected chi connectivity index (χ3v) is 3.00. The second-order valence-corrected chi connectivity index (χ2v) is 4.73. The number of carbonyl (C=O) groups excluding carboxylic acids is 1. The summed E-state index contributed by atoms with van der Waals surface area (Å²) >= 11 is 0. The van der Waals surface area contributed by atoms with E-state index in [4.69, 9.17) is 5.11 Å². The summed E-state index contributed by atoms with van der Waals surface area (Å²) in [5.41, 5.74) is -0.231. The van der Waals surface area contributed by atoms with Crippen molar-refractivity contribution in [1.29, 1.82) is 0 Å². The summed E-state index contributed by atoms with van der Waals surface area (Å²) in [5, 5.41) is 15.2. The highest BCUT2D eigenvalue weighted by Crippen LogP contribution is 2.24. The topological polar surface area (TPSA) is 61.4 Å². The van der Waals surface area contributed by atoms with E-state index in [9.17, 15) is 4.79 Å². The first-order valence-electron chi connectivity index (χ1n) is 5.72. The smallest absolute Gasteiger partial charge is 0.227 e. The first-order valence-corrected chi connectivity index (χ1v) is 5.72. The largest absolute Gasteiger partial charge is 0.393 e. The van der Waals surface area contributed by atoms with Crippen LogP contribution in [0.25, 0.3) is 0 Å². The lowest BCUT2D eigenvalue weighted by Crippen LogP contribution is -2.40. The number of aliphatic hydroxyl groups excluding tert-OH is 1. The van der Waals surface area contributed by atoms with Crippen molar-refractivity contribution in [2.24, 2.45) is 5.41 Å². The molecule has 1 rings (SSSR count). The normalized spacial score (nSPS) is 27.7. The lowest BCUT2D eigenvalue weighted by Gasteiger charge is -2.21. The van der Waals surface area contributed by atoms with E-state index in [1.165, 1.54) is 0 Å². The van der Waals surface area contributed by atoms with Crippen LogP contribution in [0.4, 0.5) is 0 Å². The number of rotatable bonds is 5. The van der Waals surface area contributed by atoms with E-state index >= 15 is 0 Å². The fraction of sp³-hybridized carbons (Fsp3) is 0.909. The summed E-state index contributed by atoms with van der Waals surface area (Å²) in [6, 6.07) is 0. The Morgan fingerprint density at radius 1 is 1.67 bits per heavy atom. The van der Waals surface area contributed by atoms with Gasteiger partial charge in [-0.15, -0.1) is 0 Å². The molecule has 1 fully saturated rings. The van der Waals surface area contributed by atoms with Gasteiger partial charge in [0.2, 0.25) is 5.91 Å². The van der Waals surface area contributed by atoms with Crippen LogP contribution in [-0.2, 0) is 4.79 Å². The Labute approximate surface area is 91.4 Å². The number of hydrogen-bond donors (Lipinski definition) is 3. The van der Waals surface area contributed by atoms with Crippen LogP contribution in [0.1, 0.15) is 33.1 Å². The highest BCUT2D eigenvalue weighted by molar-refractivity contribution is 5.82. The summed E-state index contributed by atoms with van der Waals surface area (Å²) in [5.74, 6) is 0.137. The Morgan fingerprint density at radius 3 is 2.93 bits per heavy atom. The molecule has 15 heavy (non-hydrogen) atoms. The maximum absolute atomic E-state index is 11.8. The van der Waals surface area contributed by atoms with Crippen LogP contribution in [0.5, 0.6) is 0 Å². The number of aliphatic hydroxyl groups is 1. The average Bonchev–Trinajstić information content (AvgIpc) is 2.60. The summed E-state index contributed by atoms with van der Waals surface area (Å²) in [6.07, 6.45) is 2.22. The summed E-state index contributed by atoms with van der Waals surface area (Å²) in [4.78, 5) is 11.8. The van der Waals surface area contributed by atoms with Crippen molar-refractivity contribution in [2.75, 3.05) is 19.6 Å². The molecule has 0 aliphatic carbocycles. The monoisotopic (exact) mass is 214 g/mol. The first-order chi connectivity index (χ1) is 7.04. The molecule has 4 nitrogen and oxygen atoms in total. The Balaban J connectivity index is 2.18. The van der Waals surface area contributed by atoms with E-state index in [1.54, 1.807) is 6.92 Å². The van der Waals surface area contributed by atoms with Crippen LogP contribution >= 0.6 is 0 Å². The second-order valence-electron chi connectivity index (χ2n) is 4.73. The molecule has 0 aromatic carbocycles. The Bertz CT molecular complexity index is 211. The van der Waals surface area contributed by atoms with Gasteiger partial charge in [-0.1, -0.05) is 0 Å². The maximum atomic E-state index is 11.8. The Hall–Kier alpha value is -0.610. The van der Waals surface area contributed by atoms with Gasteiger partial charge in [0.15, 0.2) is 0 Å². The van der Waals surface area contributed by atoms with Crippen LogP contribution in [0.15, 0.2) is 0 Å². The van der Waals surface area contributed by atoms with E-state index in [2.05, 4.69) is 10.6 Å². The molecular formula is C11H22N2O2. The fourth-order valence-electron chi connectivity index (χ4n) is 1.82. The zero-order chi connectivity index (χ0) is 11.3. The van der Waals surface area contributed by atoms with Gasteiger partial charge in [-0.25, -0.2) is 0 Å². The third kappa shape index (κ3) is 3.80. The van der Waals surface area contributed by atoms with Gasteiger partial charge in [-0.2, -0.15) is 0 Å². The second kappa shape index (κ2) is 5.47. The van der Waals surface area contributed by atoms with Gasteiger partial charge in [-0.3, -0.25) is 4.79 Å². The molecule has 1 heterocycles. The SMILES string of the molecule is CC(O)CCCNC(=O)C1(C)CCNC1. The van der Waals surface area contributed by atoms with Crippen LogP contribution < -0.4 is 10.6 Å². The highest BCUT2D eigenvalue weighted by atomic mass is 16.3. The Morgan fingerprint density at radius 2 is 2.40 bits per heavy atom. The number of nitrogens with one attached hydrogen (secondary N) is 2. The molecule has 2 atom stereocenters. The number of hydrogen-bond acceptors (Lipinski definition) is 3. The Kier molecular flexibility index (Phi) is 4.54. The molecule has 0 saturated carbocycles. The first kappa shape index (κ1) is 12.5. The minimum Gasteiger partial charge on any atom is -0.393 e. The molecule has 1 aliphatic rings. The maximum Gasteiger partial charge on any atom is 0.227 e. The van der Waals surface area contributed by atoms with Crippen LogP contribution in [0.3, 0.4) is 0 Å². The van der Waals surface area contributed by atoms with Crippen molar-refractivity contribution in [3.05, 3.63) is 0 Å². The molecule has 1 saturated heterocycles. The molecule has 4 heteroatoms. The molecule has 0 aromatic heterocycles. The van der Waals surface area contributed by atoms with Crippen molar-refractivity contribution < 1.29 is 9.90 Å². The predicted molar refractivity (Wildman–Crippen MR) is 59.5 cm³/mol. The van der Waals surface area contributed by atoms with Crippen LogP contribution in [-0.4, -0.2) is 36.8 Å². The van der Waals surface area contributed by atoms with Gasteiger partial charge in [-0.05, 0) is 39.7 Å². The lowest BCUT2D eigenvalue weighted by atomic mass is 9.89. The standard InChI is InChI=1S/C11H22N2O2/c1-9(14)4-3-6-13-10(15)11(2)5-7-12-8-11/h9,12,14H,3-8H2,1-2H3,(H,13,15). The summed E-state index contributed by atoms with van der Waals surface area (Å²) in [7, 11) is 0. The third-order valence-electron chi connectivity index (χ3n) is 3.00. The van der Waals surface area contributed by atoms with E-state index < -0.39 is 0 Å². The molecule has 88 valence electrons. The van der Waals surface area contributed by atoms with Gasteiger partial charge >= 0.3 is 0 Å². The van der Waals surface area contributed by atoms with Gasteiger partial charge in [0.1, 0.15) is 0 Å². The van der Waals surface area contributed by atoms with Crippen LogP contribution in [0.2, 0.25) is 0 Å². The number of amides is 1. The van der Waals surface area contributed by atoms with Crippen molar-refractivity contribution in [3.8, 4) is 0 Å². The van der Waals surface area contributed by atoms with Gasteiger partial charge < -0.3 is 15.7 Å². The van der Waals surface area contributed by atoms with E-state index in [0.29, 0.717) is 6.54 Å². The average molecular weight is 214 g/mol. The molecule has 0 aromatic rings. The van der Waals surface area contributed by atoms with E-state index in [-0.39, 0.29) is 17.4 Å². The molecular weight excluding hydrogens is 192 g/mol. The van der Waals surface area contributed by atoms with Crippen molar-refractivity contribution in [3.63, 3.8) is 0 Å². The molecule has 1 amide bonds. The molecule has 1 aliphatic heterocycles. The molecule has 0 radical (unpaired) electrons. The van der Waals surface area contributed by atoms with Crippen molar-refractivity contribution in [1.82, 2.24) is 10.6 Å². The molecule has 3 N–H and O–H groups in total. The summed E-state index contributed by atoms with van der Waals surface area (Å²) in [6.45, 7) is 6.13. The van der Waals surface area contributed by atoms with Gasteiger partial charge in [0.05, 0.1) is 11.5 Å². The van der Waals surface area contributed by atoms with Crippen molar-refractivity contribution >= 4 is 5.91 Å². The zero-order valence-electron chi connectivity index (χ0n) is 9.68. The fourth-order valence-corrected chi connectivity index (χ4v) is 1.82. The minimum absolute atomic E-state index is 0.137. The molecule has 2 unspecified atom stereocenters. The van der Waals surface area contributed by atoms with Crippen molar-refractivity contribution in [2.45, 2.75) is 39.2 Å². The lowest BCUT2D eigenvalue weighted by molar-refractivity contribution is -0.129. The number of carbonyl (C=O) groups is 1. The summed E-state index contributed by atoms with van der Waals surface area (Å²) < 4.78 is 0. The molecule has 0 spiro atoms. The van der Waals surface area contributed by atoms with E-state index in [0.717, 1.165) is 32.4 Å². The van der Waals surface area contributed by atoms with Gasteiger partial charge in [0, 0.05) is 13.1 Å². The minimum atomic E-state index is -0.273. The highest BCUT2D eigenvalue weighted by Gasteiger charge is 2.35. The van der Waals surface area contributed by atoms with Gasteiger partial charge in [0.25, 0.3) is 0 Å².